The second-order valence-corrected chi connectivity index (χ2v) is 10.8. The van der Waals surface area contributed by atoms with Gasteiger partial charge in [-0.2, -0.15) is 0 Å². The van der Waals surface area contributed by atoms with Gasteiger partial charge in [0.1, 0.15) is 0 Å². The van der Waals surface area contributed by atoms with E-state index < -0.39 is 0 Å². The van der Waals surface area contributed by atoms with Crippen LogP contribution in [-0.4, -0.2) is 25.3 Å². The molecule has 0 spiro atoms. The molecule has 4 aliphatic carbocycles. The van der Waals surface area contributed by atoms with E-state index in [-0.39, 0.29) is 11.5 Å². The number of fused-ring (bicyclic) bond motifs is 5. The van der Waals surface area contributed by atoms with E-state index in [4.69, 9.17) is 0 Å². The maximum atomic E-state index is 11.0. The largest absolute Gasteiger partial charge is 0.393 e. The number of benzene rings is 1. The molecule has 0 aromatic heterocycles. The Morgan fingerprint density at radius 2 is 1.76 bits per heavy atom. The SMILES string of the molecule is C=C1C=C2CCC3C(C2CC1)C(c1ccc(N(C)C)cc1)CC1(C)C(O)CCC31. The first-order chi connectivity index (χ1) is 13.9. The van der Waals surface area contributed by atoms with E-state index in [9.17, 15) is 5.11 Å². The van der Waals surface area contributed by atoms with Crippen LogP contribution in [0.3, 0.4) is 0 Å². The van der Waals surface area contributed by atoms with Crippen LogP contribution in [0.2, 0.25) is 0 Å². The lowest BCUT2D eigenvalue weighted by molar-refractivity contribution is -0.0654. The number of rotatable bonds is 2. The molecule has 4 aliphatic rings. The van der Waals surface area contributed by atoms with Crippen LogP contribution in [0, 0.1) is 29.1 Å². The van der Waals surface area contributed by atoms with E-state index >= 15 is 0 Å². The third kappa shape index (κ3) is 3.02. The summed E-state index contributed by atoms with van der Waals surface area (Å²) < 4.78 is 0. The smallest absolute Gasteiger partial charge is 0.0596 e. The van der Waals surface area contributed by atoms with Crippen molar-refractivity contribution in [1.29, 1.82) is 0 Å². The van der Waals surface area contributed by atoms with Crippen molar-refractivity contribution in [3.05, 3.63) is 53.6 Å². The van der Waals surface area contributed by atoms with Gasteiger partial charge < -0.3 is 10.0 Å². The van der Waals surface area contributed by atoms with E-state index in [1.165, 1.54) is 42.5 Å². The lowest BCUT2D eigenvalue weighted by Gasteiger charge is -2.57. The van der Waals surface area contributed by atoms with Gasteiger partial charge in [0.25, 0.3) is 0 Å². The molecule has 156 valence electrons. The first kappa shape index (κ1) is 19.4. The first-order valence-corrected chi connectivity index (χ1v) is 11.7. The Kier molecular flexibility index (Phi) is 4.70. The molecule has 0 aliphatic heterocycles. The zero-order valence-electron chi connectivity index (χ0n) is 18.4. The second kappa shape index (κ2) is 7.01. The van der Waals surface area contributed by atoms with E-state index in [1.54, 1.807) is 5.57 Å². The third-order valence-electron chi connectivity index (χ3n) is 9.21. The predicted octanol–water partition coefficient (Wildman–Crippen LogP) is 5.94. The number of hydrogen-bond donors (Lipinski definition) is 1. The normalized spacial score (nSPS) is 41.2. The Labute approximate surface area is 176 Å². The fourth-order valence-corrected chi connectivity index (χ4v) is 7.74. The molecule has 0 radical (unpaired) electrons. The summed E-state index contributed by atoms with van der Waals surface area (Å²) >= 11 is 0. The Balaban J connectivity index is 1.57. The Bertz CT molecular complexity index is 821. The molecular formula is C27H37NO. The maximum Gasteiger partial charge on any atom is 0.0596 e. The van der Waals surface area contributed by atoms with E-state index in [1.807, 2.05) is 0 Å². The highest BCUT2D eigenvalue weighted by molar-refractivity contribution is 5.47. The van der Waals surface area contributed by atoms with E-state index in [2.05, 4.69) is 62.8 Å². The summed E-state index contributed by atoms with van der Waals surface area (Å²) in [6, 6.07) is 9.32. The average Bonchev–Trinajstić information content (AvgIpc) is 3.01. The van der Waals surface area contributed by atoms with Crippen molar-refractivity contribution in [2.24, 2.45) is 29.1 Å². The van der Waals surface area contributed by atoms with Crippen LogP contribution in [0.25, 0.3) is 0 Å². The van der Waals surface area contributed by atoms with Crippen LogP contribution in [0.15, 0.2) is 48.1 Å². The minimum absolute atomic E-state index is 0.0888. The molecule has 0 saturated heterocycles. The molecule has 29 heavy (non-hydrogen) atoms. The molecule has 1 N–H and O–H groups in total. The number of anilines is 1. The molecule has 7 atom stereocenters. The van der Waals surface area contributed by atoms with Gasteiger partial charge in [-0.3, -0.25) is 0 Å². The van der Waals surface area contributed by atoms with Crippen molar-refractivity contribution >= 4 is 5.69 Å². The zero-order chi connectivity index (χ0) is 20.3. The monoisotopic (exact) mass is 391 g/mol. The highest BCUT2D eigenvalue weighted by Gasteiger charge is 2.59. The van der Waals surface area contributed by atoms with Crippen LogP contribution < -0.4 is 4.90 Å². The predicted molar refractivity (Wildman–Crippen MR) is 121 cm³/mol. The molecule has 2 nitrogen and oxygen atoms in total. The van der Waals surface area contributed by atoms with Gasteiger partial charge in [-0.15, -0.1) is 0 Å². The molecular weight excluding hydrogens is 354 g/mol. The summed E-state index contributed by atoms with van der Waals surface area (Å²) in [5, 5.41) is 11.0. The number of aliphatic hydroxyl groups excluding tert-OH is 1. The molecule has 3 saturated carbocycles. The minimum Gasteiger partial charge on any atom is -0.393 e. The van der Waals surface area contributed by atoms with Gasteiger partial charge in [0, 0.05) is 19.8 Å². The van der Waals surface area contributed by atoms with Crippen LogP contribution >= 0.6 is 0 Å². The van der Waals surface area contributed by atoms with Gasteiger partial charge in [-0.05, 0) is 97.6 Å². The van der Waals surface area contributed by atoms with Gasteiger partial charge in [0.15, 0.2) is 0 Å². The fourth-order valence-electron chi connectivity index (χ4n) is 7.74. The highest BCUT2D eigenvalue weighted by Crippen LogP contribution is 2.65. The van der Waals surface area contributed by atoms with Gasteiger partial charge in [-0.25, -0.2) is 0 Å². The highest BCUT2D eigenvalue weighted by atomic mass is 16.3. The van der Waals surface area contributed by atoms with Crippen molar-refractivity contribution in [3.63, 3.8) is 0 Å². The first-order valence-electron chi connectivity index (χ1n) is 11.7. The van der Waals surface area contributed by atoms with Gasteiger partial charge >= 0.3 is 0 Å². The zero-order valence-corrected chi connectivity index (χ0v) is 18.4. The molecule has 3 fully saturated rings. The summed E-state index contributed by atoms with van der Waals surface area (Å²) in [7, 11) is 4.22. The standard InChI is InChI=1S/C27H37NO/c1-17-5-11-21-19(15-17)8-12-22-24-13-14-25(29)27(24,2)16-23(26(21)22)18-6-9-20(10-7-18)28(3)4/h6-7,9-10,15,21-26,29H,1,5,8,11-14,16H2,2-4H3. The summed E-state index contributed by atoms with van der Waals surface area (Å²) in [6.07, 6.45) is 10.7. The molecule has 7 unspecified atom stereocenters. The van der Waals surface area contributed by atoms with Crippen molar-refractivity contribution in [2.45, 2.75) is 63.9 Å². The molecule has 1 aromatic rings. The van der Waals surface area contributed by atoms with E-state index in [0.717, 1.165) is 37.0 Å². The molecule has 0 amide bonds. The molecule has 1 aromatic carbocycles. The number of allylic oxidation sites excluding steroid dienone is 3. The Hall–Kier alpha value is -1.54. The van der Waals surface area contributed by atoms with Gasteiger partial charge in [0.2, 0.25) is 0 Å². The topological polar surface area (TPSA) is 23.5 Å². The summed E-state index contributed by atoms with van der Waals surface area (Å²) in [4.78, 5) is 2.18. The third-order valence-corrected chi connectivity index (χ3v) is 9.21. The molecule has 2 heteroatoms. The van der Waals surface area contributed by atoms with E-state index in [0.29, 0.717) is 11.8 Å². The molecule has 5 rings (SSSR count). The van der Waals surface area contributed by atoms with Gasteiger partial charge in [-0.1, -0.05) is 42.9 Å². The van der Waals surface area contributed by atoms with Crippen LogP contribution in [0.5, 0.6) is 0 Å². The van der Waals surface area contributed by atoms with Crippen LogP contribution in [-0.2, 0) is 0 Å². The van der Waals surface area contributed by atoms with Crippen LogP contribution in [0.1, 0.15) is 63.4 Å². The number of hydrogen-bond acceptors (Lipinski definition) is 2. The lowest BCUT2D eigenvalue weighted by atomic mass is 9.48. The van der Waals surface area contributed by atoms with Crippen molar-refractivity contribution in [3.8, 4) is 0 Å². The van der Waals surface area contributed by atoms with Crippen molar-refractivity contribution in [2.75, 3.05) is 19.0 Å². The minimum atomic E-state index is -0.125. The maximum absolute atomic E-state index is 11.0. The summed E-state index contributed by atoms with van der Waals surface area (Å²) in [5.74, 6) is 3.48. The molecule has 0 heterocycles. The average molecular weight is 392 g/mol. The number of nitrogens with zero attached hydrogens (tertiary/aromatic N) is 1. The lowest BCUT2D eigenvalue weighted by Crippen LogP contribution is -2.50. The Morgan fingerprint density at radius 3 is 2.48 bits per heavy atom. The number of aliphatic hydroxyl groups is 1. The molecule has 0 bridgehead atoms. The second-order valence-electron chi connectivity index (χ2n) is 10.8. The Morgan fingerprint density at radius 1 is 1.00 bits per heavy atom. The summed E-state index contributed by atoms with van der Waals surface area (Å²) in [6.45, 7) is 6.68. The van der Waals surface area contributed by atoms with Crippen LogP contribution in [0.4, 0.5) is 5.69 Å². The van der Waals surface area contributed by atoms with Crippen molar-refractivity contribution < 1.29 is 5.11 Å². The summed E-state index contributed by atoms with van der Waals surface area (Å²) in [5.41, 5.74) is 5.86. The van der Waals surface area contributed by atoms with Gasteiger partial charge in [0.05, 0.1) is 6.10 Å². The quantitative estimate of drug-likeness (QED) is 0.675. The van der Waals surface area contributed by atoms with Crippen molar-refractivity contribution in [1.82, 2.24) is 0 Å². The fraction of sp³-hybridized carbons (Fsp3) is 0.630.